The van der Waals surface area contributed by atoms with Gasteiger partial charge in [-0.1, -0.05) is 11.6 Å². The molecule has 0 unspecified atom stereocenters. The molecule has 0 N–H and O–H groups in total. The Bertz CT molecular complexity index is 783. The van der Waals surface area contributed by atoms with Crippen molar-refractivity contribution in [2.45, 2.75) is 19.8 Å². The molecule has 0 radical (unpaired) electrons. The zero-order chi connectivity index (χ0) is 19.2. The molecule has 2 amide bonds. The van der Waals surface area contributed by atoms with Crippen molar-refractivity contribution in [1.82, 2.24) is 14.8 Å². The molecule has 0 bridgehead atoms. The summed E-state index contributed by atoms with van der Waals surface area (Å²) >= 11 is 5.89. The second-order valence-electron chi connectivity index (χ2n) is 6.19. The van der Waals surface area contributed by atoms with E-state index in [0.717, 1.165) is 5.56 Å². The SMILES string of the molecule is CCOC(=O)N1CCN(C(=O)CCc2ncc(-c3ccc(Cl)cc3)o2)CC1. The van der Waals surface area contributed by atoms with Gasteiger partial charge in [-0.3, -0.25) is 4.79 Å². The number of rotatable bonds is 5. The lowest BCUT2D eigenvalue weighted by Crippen LogP contribution is -2.50. The fraction of sp³-hybridized carbons (Fsp3) is 0.421. The van der Waals surface area contributed by atoms with Crippen LogP contribution >= 0.6 is 11.6 Å². The van der Waals surface area contributed by atoms with Crippen LogP contribution in [-0.2, 0) is 16.0 Å². The molecule has 1 aliphatic rings. The van der Waals surface area contributed by atoms with E-state index in [1.807, 2.05) is 12.1 Å². The first-order valence-corrected chi connectivity index (χ1v) is 9.34. The van der Waals surface area contributed by atoms with Crippen molar-refractivity contribution >= 4 is 23.6 Å². The Balaban J connectivity index is 1.47. The molecule has 0 aliphatic carbocycles. The number of benzene rings is 1. The van der Waals surface area contributed by atoms with Gasteiger partial charge in [-0.15, -0.1) is 0 Å². The summed E-state index contributed by atoms with van der Waals surface area (Å²) in [6.45, 7) is 4.14. The van der Waals surface area contributed by atoms with E-state index in [2.05, 4.69) is 4.98 Å². The normalized spacial score (nSPS) is 14.3. The van der Waals surface area contributed by atoms with Crippen LogP contribution in [0, 0.1) is 0 Å². The van der Waals surface area contributed by atoms with Gasteiger partial charge in [0.05, 0.1) is 12.8 Å². The van der Waals surface area contributed by atoms with E-state index >= 15 is 0 Å². The predicted molar refractivity (Wildman–Crippen MR) is 100 cm³/mol. The smallest absolute Gasteiger partial charge is 0.409 e. The molecule has 8 heteroatoms. The lowest BCUT2D eigenvalue weighted by Gasteiger charge is -2.34. The number of aromatic nitrogens is 1. The lowest BCUT2D eigenvalue weighted by atomic mass is 10.2. The van der Waals surface area contributed by atoms with Gasteiger partial charge >= 0.3 is 6.09 Å². The van der Waals surface area contributed by atoms with Crippen LogP contribution in [0.5, 0.6) is 0 Å². The molecule has 3 rings (SSSR count). The number of aryl methyl sites for hydroxylation is 1. The number of amides is 2. The number of carbonyl (C=O) groups is 2. The number of ether oxygens (including phenoxy) is 1. The monoisotopic (exact) mass is 391 g/mol. The second kappa shape index (κ2) is 8.90. The number of halogens is 1. The van der Waals surface area contributed by atoms with Crippen LogP contribution in [0.3, 0.4) is 0 Å². The Morgan fingerprint density at radius 3 is 2.48 bits per heavy atom. The van der Waals surface area contributed by atoms with Crippen LogP contribution < -0.4 is 0 Å². The molecular formula is C19H22ClN3O4. The summed E-state index contributed by atoms with van der Waals surface area (Å²) in [5.74, 6) is 1.21. The molecule has 1 fully saturated rings. The second-order valence-corrected chi connectivity index (χ2v) is 6.63. The van der Waals surface area contributed by atoms with Crippen molar-refractivity contribution < 1.29 is 18.7 Å². The third-order valence-corrected chi connectivity index (χ3v) is 4.65. The maximum absolute atomic E-state index is 12.4. The number of piperazine rings is 1. The van der Waals surface area contributed by atoms with E-state index in [-0.39, 0.29) is 12.0 Å². The van der Waals surface area contributed by atoms with Gasteiger partial charge in [0.1, 0.15) is 0 Å². The van der Waals surface area contributed by atoms with Crippen LogP contribution in [0.1, 0.15) is 19.2 Å². The summed E-state index contributed by atoms with van der Waals surface area (Å²) in [6, 6.07) is 7.30. The van der Waals surface area contributed by atoms with Crippen molar-refractivity contribution in [3.63, 3.8) is 0 Å². The molecule has 1 saturated heterocycles. The van der Waals surface area contributed by atoms with Gasteiger partial charge in [0, 0.05) is 49.6 Å². The van der Waals surface area contributed by atoms with E-state index in [1.165, 1.54) is 0 Å². The zero-order valence-corrected chi connectivity index (χ0v) is 15.9. The van der Waals surface area contributed by atoms with Gasteiger partial charge in [0.15, 0.2) is 11.7 Å². The largest absolute Gasteiger partial charge is 0.450 e. The number of hydrogen-bond donors (Lipinski definition) is 0. The quantitative estimate of drug-likeness (QED) is 0.782. The highest BCUT2D eigenvalue weighted by Crippen LogP contribution is 2.22. The summed E-state index contributed by atoms with van der Waals surface area (Å²) < 4.78 is 10.7. The van der Waals surface area contributed by atoms with Crippen LogP contribution in [0.25, 0.3) is 11.3 Å². The zero-order valence-electron chi connectivity index (χ0n) is 15.2. The highest BCUT2D eigenvalue weighted by atomic mass is 35.5. The van der Waals surface area contributed by atoms with Gasteiger partial charge in [0.25, 0.3) is 0 Å². The fourth-order valence-corrected chi connectivity index (χ4v) is 3.02. The van der Waals surface area contributed by atoms with E-state index in [0.29, 0.717) is 62.3 Å². The van der Waals surface area contributed by atoms with E-state index in [1.54, 1.807) is 35.1 Å². The Labute approximate surface area is 162 Å². The summed E-state index contributed by atoms with van der Waals surface area (Å²) in [4.78, 5) is 31.7. The van der Waals surface area contributed by atoms with Crippen molar-refractivity contribution in [3.8, 4) is 11.3 Å². The van der Waals surface area contributed by atoms with E-state index in [9.17, 15) is 9.59 Å². The highest BCUT2D eigenvalue weighted by Gasteiger charge is 2.24. The molecule has 0 spiro atoms. The first-order chi connectivity index (χ1) is 13.1. The summed E-state index contributed by atoms with van der Waals surface area (Å²) in [5.41, 5.74) is 0.888. The summed E-state index contributed by atoms with van der Waals surface area (Å²) in [7, 11) is 0. The van der Waals surface area contributed by atoms with Crippen LogP contribution in [0.2, 0.25) is 5.02 Å². The predicted octanol–water partition coefficient (Wildman–Crippen LogP) is 3.23. The standard InChI is InChI=1S/C19H22ClN3O4/c1-2-26-19(25)23-11-9-22(10-12-23)18(24)8-7-17-21-13-16(27-17)14-3-5-15(20)6-4-14/h3-6,13H,2,7-12H2,1H3. The van der Waals surface area contributed by atoms with Crippen LogP contribution in [-0.4, -0.2) is 59.6 Å². The minimum atomic E-state index is -0.320. The molecular weight excluding hydrogens is 370 g/mol. The lowest BCUT2D eigenvalue weighted by molar-refractivity contribution is -0.132. The van der Waals surface area contributed by atoms with Gasteiger partial charge in [-0.05, 0) is 31.2 Å². The number of nitrogens with zero attached hydrogens (tertiary/aromatic N) is 3. The Kier molecular flexibility index (Phi) is 6.34. The van der Waals surface area contributed by atoms with Crippen molar-refractivity contribution in [3.05, 3.63) is 41.4 Å². The number of carbonyl (C=O) groups excluding carboxylic acids is 2. The summed E-state index contributed by atoms with van der Waals surface area (Å²) in [6.07, 6.45) is 2.09. The van der Waals surface area contributed by atoms with Crippen molar-refractivity contribution in [2.24, 2.45) is 0 Å². The first kappa shape index (κ1) is 19.2. The minimum absolute atomic E-state index is 0.0322. The molecule has 144 valence electrons. The first-order valence-electron chi connectivity index (χ1n) is 8.97. The third kappa shape index (κ3) is 5.01. The van der Waals surface area contributed by atoms with Crippen LogP contribution in [0.4, 0.5) is 4.79 Å². The van der Waals surface area contributed by atoms with Gasteiger partial charge < -0.3 is 19.0 Å². The third-order valence-electron chi connectivity index (χ3n) is 4.39. The van der Waals surface area contributed by atoms with Gasteiger partial charge in [-0.2, -0.15) is 0 Å². The fourth-order valence-electron chi connectivity index (χ4n) is 2.90. The molecule has 1 aliphatic heterocycles. The highest BCUT2D eigenvalue weighted by molar-refractivity contribution is 6.30. The average Bonchev–Trinajstić information content (AvgIpc) is 3.16. The minimum Gasteiger partial charge on any atom is -0.450 e. The molecule has 1 aromatic carbocycles. The maximum atomic E-state index is 12.4. The molecule has 7 nitrogen and oxygen atoms in total. The van der Waals surface area contributed by atoms with E-state index < -0.39 is 0 Å². The maximum Gasteiger partial charge on any atom is 0.409 e. The van der Waals surface area contributed by atoms with Gasteiger partial charge in [-0.25, -0.2) is 9.78 Å². The molecule has 27 heavy (non-hydrogen) atoms. The molecule has 0 saturated carbocycles. The average molecular weight is 392 g/mol. The van der Waals surface area contributed by atoms with Gasteiger partial charge in [0.2, 0.25) is 5.91 Å². The van der Waals surface area contributed by atoms with E-state index in [4.69, 9.17) is 20.8 Å². The number of oxazole rings is 1. The van der Waals surface area contributed by atoms with Crippen molar-refractivity contribution in [2.75, 3.05) is 32.8 Å². The Morgan fingerprint density at radius 2 is 1.81 bits per heavy atom. The number of hydrogen-bond acceptors (Lipinski definition) is 5. The topological polar surface area (TPSA) is 75.9 Å². The molecule has 2 aromatic rings. The molecule has 0 atom stereocenters. The van der Waals surface area contributed by atoms with Crippen LogP contribution in [0.15, 0.2) is 34.9 Å². The Morgan fingerprint density at radius 1 is 1.15 bits per heavy atom. The molecule has 2 heterocycles. The van der Waals surface area contributed by atoms with Crippen molar-refractivity contribution in [1.29, 1.82) is 0 Å². The summed E-state index contributed by atoms with van der Waals surface area (Å²) in [5, 5.41) is 0.659. The molecule has 1 aromatic heterocycles. The Hall–Kier alpha value is -2.54.